The molecule has 1 aliphatic rings. The Bertz CT molecular complexity index is 855. The highest BCUT2D eigenvalue weighted by molar-refractivity contribution is 5.66. The summed E-state index contributed by atoms with van der Waals surface area (Å²) in [5.74, 6) is -1.09. The summed E-state index contributed by atoms with van der Waals surface area (Å²) in [4.78, 5) is 23.1. The summed E-state index contributed by atoms with van der Waals surface area (Å²) < 4.78 is 29.1. The van der Waals surface area contributed by atoms with E-state index in [1.807, 2.05) is 67.6 Å². The molecular formula is C25H30O7. The minimum atomic E-state index is -0.992. The molecule has 0 radical (unpaired) electrons. The molecule has 0 spiro atoms. The van der Waals surface area contributed by atoms with Crippen LogP contribution in [0.15, 0.2) is 60.7 Å². The van der Waals surface area contributed by atoms with Gasteiger partial charge in [-0.3, -0.25) is 9.59 Å². The van der Waals surface area contributed by atoms with Crippen LogP contribution in [0.5, 0.6) is 0 Å². The number of ether oxygens (including phenoxy) is 5. The molecule has 5 atom stereocenters. The van der Waals surface area contributed by atoms with Crippen LogP contribution in [0, 0.1) is 5.92 Å². The van der Waals surface area contributed by atoms with Crippen LogP contribution in [0.4, 0.5) is 0 Å². The van der Waals surface area contributed by atoms with Gasteiger partial charge in [0, 0.05) is 19.8 Å². The fraction of sp³-hybridized carbons (Fsp3) is 0.440. The first-order valence-corrected chi connectivity index (χ1v) is 10.7. The number of hydrogen-bond donors (Lipinski definition) is 0. The number of carbonyl (C=O) groups is 2. The van der Waals surface area contributed by atoms with E-state index in [4.69, 9.17) is 23.7 Å². The van der Waals surface area contributed by atoms with Crippen LogP contribution in [0.25, 0.3) is 0 Å². The first-order valence-electron chi connectivity index (χ1n) is 10.7. The molecule has 2 aromatic rings. The molecule has 7 heteroatoms. The smallest absolute Gasteiger partial charge is 0.305 e. The molecular weight excluding hydrogens is 412 g/mol. The van der Waals surface area contributed by atoms with E-state index in [1.165, 1.54) is 13.8 Å². The molecule has 3 rings (SSSR count). The molecule has 172 valence electrons. The molecule has 0 saturated carbocycles. The molecule has 32 heavy (non-hydrogen) atoms. The predicted molar refractivity (Wildman–Crippen MR) is 116 cm³/mol. The van der Waals surface area contributed by atoms with Crippen LogP contribution in [0.2, 0.25) is 0 Å². The summed E-state index contributed by atoms with van der Waals surface area (Å²) in [6, 6.07) is 19.5. The highest BCUT2D eigenvalue weighted by Crippen LogP contribution is 2.32. The van der Waals surface area contributed by atoms with Crippen molar-refractivity contribution in [3.05, 3.63) is 71.8 Å². The SMILES string of the molecule is CC(=O)OC[C@H]1O[C@H](OC(C)=O)[C@@H](OCc2ccccc2)[C@@H](OCc2ccccc2)[C@@H]1C. The van der Waals surface area contributed by atoms with Gasteiger partial charge in [-0.15, -0.1) is 0 Å². The van der Waals surface area contributed by atoms with Crippen molar-refractivity contribution in [2.24, 2.45) is 5.92 Å². The molecule has 1 aliphatic heterocycles. The maximum Gasteiger partial charge on any atom is 0.305 e. The lowest BCUT2D eigenvalue weighted by atomic mass is 9.90. The summed E-state index contributed by atoms with van der Waals surface area (Å²) in [5, 5.41) is 0. The van der Waals surface area contributed by atoms with Gasteiger partial charge in [0.1, 0.15) is 18.8 Å². The summed E-state index contributed by atoms with van der Waals surface area (Å²) >= 11 is 0. The van der Waals surface area contributed by atoms with Crippen molar-refractivity contribution < 1.29 is 33.3 Å². The van der Waals surface area contributed by atoms with Crippen molar-refractivity contribution >= 4 is 11.9 Å². The monoisotopic (exact) mass is 442 g/mol. The lowest BCUT2D eigenvalue weighted by Gasteiger charge is -2.44. The van der Waals surface area contributed by atoms with E-state index in [1.54, 1.807) is 0 Å². The first-order chi connectivity index (χ1) is 15.4. The predicted octanol–water partition coefficient (Wildman–Crippen LogP) is 3.64. The van der Waals surface area contributed by atoms with Gasteiger partial charge in [0.15, 0.2) is 0 Å². The second-order valence-corrected chi connectivity index (χ2v) is 7.84. The van der Waals surface area contributed by atoms with E-state index < -0.39 is 36.5 Å². The van der Waals surface area contributed by atoms with Gasteiger partial charge in [0.2, 0.25) is 6.29 Å². The molecule has 0 N–H and O–H groups in total. The van der Waals surface area contributed by atoms with Crippen molar-refractivity contribution in [1.82, 2.24) is 0 Å². The van der Waals surface area contributed by atoms with Crippen molar-refractivity contribution in [3.63, 3.8) is 0 Å². The van der Waals surface area contributed by atoms with Crippen LogP contribution >= 0.6 is 0 Å². The van der Waals surface area contributed by atoms with Crippen molar-refractivity contribution in [2.75, 3.05) is 6.61 Å². The lowest BCUT2D eigenvalue weighted by molar-refractivity contribution is -0.299. The summed E-state index contributed by atoms with van der Waals surface area (Å²) in [7, 11) is 0. The minimum Gasteiger partial charge on any atom is -0.463 e. The third-order valence-corrected chi connectivity index (χ3v) is 5.31. The maximum atomic E-state index is 11.8. The Kier molecular flexibility index (Phi) is 8.79. The Morgan fingerprint density at radius 1 is 0.812 bits per heavy atom. The van der Waals surface area contributed by atoms with Crippen molar-refractivity contribution in [3.8, 4) is 0 Å². The molecule has 0 aromatic heterocycles. The number of carbonyl (C=O) groups excluding carboxylic acids is 2. The van der Waals surface area contributed by atoms with Crippen molar-refractivity contribution in [1.29, 1.82) is 0 Å². The van der Waals surface area contributed by atoms with Gasteiger partial charge >= 0.3 is 11.9 Å². The highest BCUT2D eigenvalue weighted by Gasteiger charge is 2.47. The third kappa shape index (κ3) is 6.88. The molecule has 0 amide bonds. The summed E-state index contributed by atoms with van der Waals surface area (Å²) in [5.41, 5.74) is 1.99. The zero-order valence-electron chi connectivity index (χ0n) is 18.6. The molecule has 1 heterocycles. The van der Waals surface area contributed by atoms with E-state index in [9.17, 15) is 9.59 Å². The number of rotatable bonds is 9. The summed E-state index contributed by atoms with van der Waals surface area (Å²) in [6.45, 7) is 5.30. The average Bonchev–Trinajstić information content (AvgIpc) is 2.78. The van der Waals surface area contributed by atoms with Crippen molar-refractivity contribution in [2.45, 2.75) is 58.6 Å². The number of esters is 2. The number of benzene rings is 2. The Hall–Kier alpha value is -2.74. The van der Waals surface area contributed by atoms with Crippen LogP contribution < -0.4 is 0 Å². The van der Waals surface area contributed by atoms with Gasteiger partial charge in [-0.25, -0.2) is 0 Å². The standard InChI is InChI=1S/C25H30O7/c1-17-22(16-28-18(2)26)32-25(31-19(3)27)24(30-15-21-12-8-5-9-13-21)23(17)29-14-20-10-6-4-7-11-20/h4-13,17,22-25H,14-16H2,1-3H3/t17-,22-,23+,24+,25+/m1/s1. The Balaban J connectivity index is 1.81. The molecule has 0 bridgehead atoms. The van der Waals surface area contributed by atoms with Gasteiger partial charge in [-0.1, -0.05) is 67.6 Å². The molecule has 1 fully saturated rings. The Labute approximate surface area is 188 Å². The second kappa shape index (κ2) is 11.8. The normalized spacial score (nSPS) is 25.2. The number of hydrogen-bond acceptors (Lipinski definition) is 7. The van der Waals surface area contributed by atoms with Crippen LogP contribution in [-0.2, 0) is 46.5 Å². The molecule has 1 saturated heterocycles. The fourth-order valence-corrected chi connectivity index (χ4v) is 3.64. The van der Waals surface area contributed by atoms with Crippen LogP contribution in [-0.4, -0.2) is 43.1 Å². The van der Waals surface area contributed by atoms with Gasteiger partial charge in [-0.2, -0.15) is 0 Å². The Morgan fingerprint density at radius 2 is 1.34 bits per heavy atom. The third-order valence-electron chi connectivity index (χ3n) is 5.31. The van der Waals surface area contributed by atoms with Gasteiger partial charge in [0.25, 0.3) is 0 Å². The quantitative estimate of drug-likeness (QED) is 0.549. The first kappa shape index (κ1) is 23.9. The lowest BCUT2D eigenvalue weighted by Crippen LogP contribution is -2.57. The molecule has 7 nitrogen and oxygen atoms in total. The molecule has 0 unspecified atom stereocenters. The zero-order valence-corrected chi connectivity index (χ0v) is 18.6. The van der Waals surface area contributed by atoms with E-state index in [0.717, 1.165) is 11.1 Å². The molecule has 2 aromatic carbocycles. The van der Waals surface area contributed by atoms with E-state index in [0.29, 0.717) is 13.2 Å². The average molecular weight is 443 g/mol. The topological polar surface area (TPSA) is 80.3 Å². The van der Waals surface area contributed by atoms with E-state index in [-0.39, 0.29) is 12.5 Å². The van der Waals surface area contributed by atoms with Gasteiger partial charge < -0.3 is 23.7 Å². The fourth-order valence-electron chi connectivity index (χ4n) is 3.64. The highest BCUT2D eigenvalue weighted by atomic mass is 16.7. The zero-order chi connectivity index (χ0) is 22.9. The minimum absolute atomic E-state index is 0.0326. The van der Waals surface area contributed by atoms with Crippen LogP contribution in [0.3, 0.4) is 0 Å². The van der Waals surface area contributed by atoms with E-state index >= 15 is 0 Å². The Morgan fingerprint density at radius 3 is 1.84 bits per heavy atom. The second-order valence-electron chi connectivity index (χ2n) is 7.84. The van der Waals surface area contributed by atoms with Gasteiger partial charge in [0.05, 0.1) is 19.3 Å². The van der Waals surface area contributed by atoms with Gasteiger partial charge in [-0.05, 0) is 11.1 Å². The summed E-state index contributed by atoms with van der Waals surface area (Å²) in [6.07, 6.45) is -2.63. The molecule has 0 aliphatic carbocycles. The van der Waals surface area contributed by atoms with E-state index in [2.05, 4.69) is 0 Å². The maximum absolute atomic E-state index is 11.8. The largest absolute Gasteiger partial charge is 0.463 e. The van der Waals surface area contributed by atoms with Crippen LogP contribution in [0.1, 0.15) is 31.9 Å².